The van der Waals surface area contributed by atoms with Crippen LogP contribution in [0, 0.1) is 10.8 Å². The fourth-order valence-electron chi connectivity index (χ4n) is 2.33. The second-order valence-corrected chi connectivity index (χ2v) is 6.26. The summed E-state index contributed by atoms with van der Waals surface area (Å²) in [4.78, 5) is 4.72. The summed E-state index contributed by atoms with van der Waals surface area (Å²) in [6, 6.07) is 4.29. The number of rotatable bonds is 3. The monoisotopic (exact) mass is 249 g/mol. The van der Waals surface area contributed by atoms with Gasteiger partial charge < -0.3 is 11.1 Å². The first kappa shape index (κ1) is 12.3. The topological polar surface area (TPSA) is 50.9 Å². The lowest BCUT2D eigenvalue weighted by atomic mass is 10.0. The summed E-state index contributed by atoms with van der Waals surface area (Å²) in [5, 5.41) is 3.47. The highest BCUT2D eigenvalue weighted by atomic mass is 32.1. The lowest BCUT2D eigenvalue weighted by Gasteiger charge is -2.07. The number of hydrogen-bond acceptors (Lipinski definition) is 3. The molecule has 1 aromatic heterocycles. The molecule has 3 nitrogen and oxygen atoms in total. The van der Waals surface area contributed by atoms with Gasteiger partial charge in [-0.15, -0.1) is 0 Å². The van der Waals surface area contributed by atoms with Crippen LogP contribution in [0.5, 0.6) is 0 Å². The van der Waals surface area contributed by atoms with E-state index in [4.69, 9.17) is 18.0 Å². The molecule has 0 spiro atoms. The predicted octanol–water partition coefficient (Wildman–Crippen LogP) is 2.56. The summed E-state index contributed by atoms with van der Waals surface area (Å²) in [5.74, 6) is 0.883. The Bertz CT molecular complexity index is 434. The first-order valence-corrected chi connectivity index (χ1v) is 6.20. The van der Waals surface area contributed by atoms with Crippen molar-refractivity contribution in [1.82, 2.24) is 4.98 Å². The molecule has 4 heteroatoms. The van der Waals surface area contributed by atoms with E-state index in [1.807, 2.05) is 12.1 Å². The molecular weight excluding hydrogens is 230 g/mol. The summed E-state index contributed by atoms with van der Waals surface area (Å²) in [6.45, 7) is 9.09. The van der Waals surface area contributed by atoms with Crippen molar-refractivity contribution < 1.29 is 0 Å². The molecule has 1 saturated carbocycles. The van der Waals surface area contributed by atoms with Crippen molar-refractivity contribution in [2.24, 2.45) is 16.6 Å². The zero-order valence-electron chi connectivity index (χ0n) is 10.7. The number of thiocarbonyl (C=S) groups is 1. The van der Waals surface area contributed by atoms with E-state index in [-0.39, 0.29) is 0 Å². The Hall–Kier alpha value is -1.16. The molecule has 0 bridgehead atoms. The first-order valence-electron chi connectivity index (χ1n) is 5.79. The molecule has 0 saturated heterocycles. The Morgan fingerprint density at radius 2 is 1.88 bits per heavy atom. The van der Waals surface area contributed by atoms with Gasteiger partial charge in [-0.2, -0.15) is 0 Å². The minimum Gasteiger partial charge on any atom is -0.389 e. The lowest BCUT2D eigenvalue weighted by molar-refractivity contribution is 0.457. The van der Waals surface area contributed by atoms with E-state index in [2.05, 4.69) is 38.0 Å². The normalized spacial score (nSPS) is 20.9. The molecule has 1 aliphatic rings. The molecule has 0 amide bonds. The molecular formula is C13H19N3S. The SMILES string of the molecule is CC1(C)C(Nc2ccc(C(N)=S)cn2)C1(C)C. The second kappa shape index (κ2) is 3.67. The summed E-state index contributed by atoms with van der Waals surface area (Å²) in [5.41, 5.74) is 6.94. The zero-order chi connectivity index (χ0) is 12.8. The molecule has 0 aliphatic heterocycles. The maximum Gasteiger partial charge on any atom is 0.126 e. The van der Waals surface area contributed by atoms with E-state index in [1.165, 1.54) is 0 Å². The predicted molar refractivity (Wildman–Crippen MR) is 75.1 cm³/mol. The van der Waals surface area contributed by atoms with Crippen LogP contribution in [-0.2, 0) is 0 Å². The maximum absolute atomic E-state index is 5.53. The molecule has 0 unspecified atom stereocenters. The highest BCUT2D eigenvalue weighted by Gasteiger charge is 2.65. The fraction of sp³-hybridized carbons (Fsp3) is 0.538. The van der Waals surface area contributed by atoms with Gasteiger partial charge in [0, 0.05) is 17.8 Å². The second-order valence-electron chi connectivity index (χ2n) is 5.82. The Morgan fingerprint density at radius 1 is 1.29 bits per heavy atom. The highest BCUT2D eigenvalue weighted by Crippen LogP contribution is 2.63. The van der Waals surface area contributed by atoms with Gasteiger partial charge in [0.25, 0.3) is 0 Å². The van der Waals surface area contributed by atoms with Crippen LogP contribution < -0.4 is 11.1 Å². The van der Waals surface area contributed by atoms with Crippen LogP contribution in [0.25, 0.3) is 0 Å². The van der Waals surface area contributed by atoms with Gasteiger partial charge in [0.05, 0.1) is 0 Å². The van der Waals surface area contributed by atoms with E-state index in [0.717, 1.165) is 11.4 Å². The molecule has 17 heavy (non-hydrogen) atoms. The first-order chi connectivity index (χ1) is 7.76. The Balaban J connectivity index is 2.09. The van der Waals surface area contributed by atoms with Crippen molar-refractivity contribution in [2.45, 2.75) is 33.7 Å². The van der Waals surface area contributed by atoms with E-state index >= 15 is 0 Å². The molecule has 1 aliphatic carbocycles. The van der Waals surface area contributed by atoms with Crippen LogP contribution >= 0.6 is 12.2 Å². The van der Waals surface area contributed by atoms with Gasteiger partial charge in [0.15, 0.2) is 0 Å². The molecule has 0 atom stereocenters. The van der Waals surface area contributed by atoms with Gasteiger partial charge >= 0.3 is 0 Å². The van der Waals surface area contributed by atoms with E-state index in [0.29, 0.717) is 21.9 Å². The molecule has 1 aromatic rings. The van der Waals surface area contributed by atoms with Gasteiger partial charge in [-0.05, 0) is 23.0 Å². The summed E-state index contributed by atoms with van der Waals surface area (Å²) >= 11 is 4.90. The van der Waals surface area contributed by atoms with E-state index < -0.39 is 0 Å². The number of nitrogens with two attached hydrogens (primary N) is 1. The average molecular weight is 249 g/mol. The van der Waals surface area contributed by atoms with Gasteiger partial charge in [0.1, 0.15) is 10.8 Å². The quantitative estimate of drug-likeness (QED) is 0.808. The van der Waals surface area contributed by atoms with Crippen molar-refractivity contribution >= 4 is 23.0 Å². The molecule has 3 N–H and O–H groups in total. The number of nitrogens with zero attached hydrogens (tertiary/aromatic N) is 1. The third-order valence-corrected chi connectivity index (χ3v) is 4.60. The highest BCUT2D eigenvalue weighted by molar-refractivity contribution is 7.80. The standard InChI is InChI=1S/C13H19N3S/c1-12(2)11(13(12,3)4)16-9-6-5-8(7-15-9)10(14)17/h5-7,11H,1-4H3,(H2,14,17)(H,15,16). The van der Waals surface area contributed by atoms with Gasteiger partial charge in [0.2, 0.25) is 0 Å². The van der Waals surface area contributed by atoms with Gasteiger partial charge in [-0.1, -0.05) is 39.9 Å². The van der Waals surface area contributed by atoms with E-state index in [9.17, 15) is 0 Å². The van der Waals surface area contributed by atoms with Gasteiger partial charge in [-0.3, -0.25) is 0 Å². The molecule has 2 rings (SSSR count). The molecule has 0 aromatic carbocycles. The molecule has 92 valence electrons. The smallest absolute Gasteiger partial charge is 0.126 e. The van der Waals surface area contributed by atoms with Crippen molar-refractivity contribution in [3.63, 3.8) is 0 Å². The Morgan fingerprint density at radius 3 is 2.24 bits per heavy atom. The minimum absolute atomic E-state index is 0.302. The van der Waals surface area contributed by atoms with Crippen molar-refractivity contribution in [3.8, 4) is 0 Å². The van der Waals surface area contributed by atoms with Crippen molar-refractivity contribution in [1.29, 1.82) is 0 Å². The molecule has 0 radical (unpaired) electrons. The lowest BCUT2D eigenvalue weighted by Crippen LogP contribution is -2.13. The summed E-state index contributed by atoms with van der Waals surface area (Å²) < 4.78 is 0. The third-order valence-electron chi connectivity index (χ3n) is 4.36. The number of nitrogens with one attached hydrogen (secondary N) is 1. The number of anilines is 1. The Labute approximate surface area is 108 Å². The molecule has 1 heterocycles. The molecule has 1 fully saturated rings. The maximum atomic E-state index is 5.53. The van der Waals surface area contributed by atoms with Crippen molar-refractivity contribution in [2.75, 3.05) is 5.32 Å². The third kappa shape index (κ3) is 1.90. The summed E-state index contributed by atoms with van der Waals surface area (Å²) in [7, 11) is 0. The Kier molecular flexibility index (Phi) is 2.65. The van der Waals surface area contributed by atoms with E-state index in [1.54, 1.807) is 6.20 Å². The van der Waals surface area contributed by atoms with Gasteiger partial charge in [-0.25, -0.2) is 4.98 Å². The number of pyridine rings is 1. The largest absolute Gasteiger partial charge is 0.389 e. The van der Waals surface area contributed by atoms with Crippen LogP contribution in [0.4, 0.5) is 5.82 Å². The fourth-order valence-corrected chi connectivity index (χ4v) is 2.45. The van der Waals surface area contributed by atoms with Crippen LogP contribution in [0.1, 0.15) is 33.3 Å². The number of hydrogen-bond donors (Lipinski definition) is 2. The zero-order valence-corrected chi connectivity index (χ0v) is 11.6. The van der Waals surface area contributed by atoms with Crippen LogP contribution in [0.3, 0.4) is 0 Å². The minimum atomic E-state index is 0.302. The summed E-state index contributed by atoms with van der Waals surface area (Å²) in [6.07, 6.45) is 1.72. The van der Waals surface area contributed by atoms with Crippen LogP contribution in [-0.4, -0.2) is 16.0 Å². The van der Waals surface area contributed by atoms with Crippen molar-refractivity contribution in [3.05, 3.63) is 23.9 Å². The number of aromatic nitrogens is 1. The van der Waals surface area contributed by atoms with Crippen LogP contribution in [0.2, 0.25) is 0 Å². The van der Waals surface area contributed by atoms with Crippen LogP contribution in [0.15, 0.2) is 18.3 Å². The average Bonchev–Trinajstić information content (AvgIpc) is 2.62.